The van der Waals surface area contributed by atoms with Crippen molar-refractivity contribution in [3.8, 4) is 0 Å². The van der Waals surface area contributed by atoms with Gasteiger partial charge in [0.25, 0.3) is 0 Å². The quantitative estimate of drug-likeness (QED) is 0.763. The van der Waals surface area contributed by atoms with Gasteiger partial charge >= 0.3 is 0 Å². The summed E-state index contributed by atoms with van der Waals surface area (Å²) >= 11 is 0. The van der Waals surface area contributed by atoms with E-state index in [1.54, 1.807) is 0 Å². The number of aryl methyl sites for hydroxylation is 1. The summed E-state index contributed by atoms with van der Waals surface area (Å²) in [5.41, 5.74) is 3.97. The van der Waals surface area contributed by atoms with Gasteiger partial charge in [-0.1, -0.05) is 31.2 Å². The maximum atomic E-state index is 12.6. The number of piperidine rings is 1. The number of carbonyl (C=O) groups is 1. The van der Waals surface area contributed by atoms with Crippen LogP contribution in [0.5, 0.6) is 0 Å². The molecule has 138 valence electrons. The van der Waals surface area contributed by atoms with Crippen molar-refractivity contribution < 1.29 is 4.79 Å². The third kappa shape index (κ3) is 3.92. The van der Waals surface area contributed by atoms with Crippen LogP contribution in [0.3, 0.4) is 0 Å². The van der Waals surface area contributed by atoms with Gasteiger partial charge in [0.1, 0.15) is 5.82 Å². The van der Waals surface area contributed by atoms with Crippen LogP contribution in [0, 0.1) is 5.92 Å². The van der Waals surface area contributed by atoms with E-state index in [0.717, 1.165) is 54.9 Å². The van der Waals surface area contributed by atoms with E-state index in [1.807, 2.05) is 42.6 Å². The van der Waals surface area contributed by atoms with E-state index in [4.69, 9.17) is 4.98 Å². The maximum Gasteiger partial charge on any atom is 0.227 e. The standard InChI is InChI=1S/C22H24N4O/c1-2-16-7-9-18(10-8-16)24-22(27)17-11-13-26(14-12-17)21-15-23-19-5-3-4-6-20(19)25-21/h3-10,15,17H,2,11-14H2,1H3,(H,24,27). The molecule has 3 aromatic rings. The Morgan fingerprint density at radius 3 is 2.48 bits per heavy atom. The molecule has 27 heavy (non-hydrogen) atoms. The highest BCUT2D eigenvalue weighted by atomic mass is 16.1. The van der Waals surface area contributed by atoms with Crippen molar-refractivity contribution in [3.05, 3.63) is 60.3 Å². The summed E-state index contributed by atoms with van der Waals surface area (Å²) in [6, 6.07) is 16.0. The molecule has 5 heteroatoms. The third-order valence-electron chi connectivity index (χ3n) is 5.26. The normalized spacial score (nSPS) is 15.1. The molecule has 5 nitrogen and oxygen atoms in total. The molecule has 2 heterocycles. The van der Waals surface area contributed by atoms with Gasteiger partial charge in [-0.15, -0.1) is 0 Å². The van der Waals surface area contributed by atoms with Gasteiger partial charge in [0.15, 0.2) is 0 Å². The zero-order chi connectivity index (χ0) is 18.6. The number of rotatable bonds is 4. The Balaban J connectivity index is 1.36. The van der Waals surface area contributed by atoms with E-state index in [1.165, 1.54) is 5.56 Å². The fourth-order valence-electron chi connectivity index (χ4n) is 3.54. The maximum absolute atomic E-state index is 12.6. The molecule has 2 aromatic carbocycles. The molecule has 0 radical (unpaired) electrons. The SMILES string of the molecule is CCc1ccc(NC(=O)C2CCN(c3cnc4ccccc4n3)CC2)cc1. The molecule has 0 unspecified atom stereocenters. The van der Waals surface area contributed by atoms with Crippen LogP contribution in [0.15, 0.2) is 54.7 Å². The van der Waals surface area contributed by atoms with E-state index in [9.17, 15) is 4.79 Å². The first-order chi connectivity index (χ1) is 13.2. The zero-order valence-electron chi connectivity index (χ0n) is 15.6. The number of carbonyl (C=O) groups excluding carboxylic acids is 1. The summed E-state index contributed by atoms with van der Waals surface area (Å²) in [6.45, 7) is 3.76. The number of para-hydroxylation sites is 2. The van der Waals surface area contributed by atoms with Crippen molar-refractivity contribution in [2.75, 3.05) is 23.3 Å². The molecule has 1 fully saturated rings. The zero-order valence-corrected chi connectivity index (χ0v) is 15.6. The van der Waals surface area contributed by atoms with Gasteiger partial charge in [0, 0.05) is 24.7 Å². The molecule has 1 N–H and O–H groups in total. The van der Waals surface area contributed by atoms with Crippen molar-refractivity contribution >= 4 is 28.4 Å². The lowest BCUT2D eigenvalue weighted by atomic mass is 9.96. The largest absolute Gasteiger partial charge is 0.355 e. The topological polar surface area (TPSA) is 58.1 Å². The Morgan fingerprint density at radius 1 is 1.07 bits per heavy atom. The summed E-state index contributed by atoms with van der Waals surface area (Å²) < 4.78 is 0. The number of amides is 1. The first-order valence-corrected chi connectivity index (χ1v) is 9.59. The molecular formula is C22H24N4O. The Morgan fingerprint density at radius 2 is 1.78 bits per heavy atom. The minimum Gasteiger partial charge on any atom is -0.355 e. The lowest BCUT2D eigenvalue weighted by Gasteiger charge is -2.32. The Hall–Kier alpha value is -2.95. The van der Waals surface area contributed by atoms with Crippen molar-refractivity contribution in [1.82, 2.24) is 9.97 Å². The van der Waals surface area contributed by atoms with Gasteiger partial charge in [-0.3, -0.25) is 9.78 Å². The van der Waals surface area contributed by atoms with Crippen molar-refractivity contribution in [2.24, 2.45) is 5.92 Å². The molecule has 4 rings (SSSR count). The lowest BCUT2D eigenvalue weighted by molar-refractivity contribution is -0.120. The molecule has 1 saturated heterocycles. The summed E-state index contributed by atoms with van der Waals surface area (Å²) in [5, 5.41) is 3.06. The average Bonchev–Trinajstić information content (AvgIpc) is 2.74. The van der Waals surface area contributed by atoms with E-state index in [-0.39, 0.29) is 11.8 Å². The van der Waals surface area contributed by atoms with Crippen LogP contribution in [0.4, 0.5) is 11.5 Å². The van der Waals surface area contributed by atoms with Crippen molar-refractivity contribution in [2.45, 2.75) is 26.2 Å². The van der Waals surface area contributed by atoms with E-state index in [2.05, 4.69) is 34.3 Å². The van der Waals surface area contributed by atoms with Crippen LogP contribution in [0.2, 0.25) is 0 Å². The van der Waals surface area contributed by atoms with E-state index in [0.29, 0.717) is 0 Å². The van der Waals surface area contributed by atoms with Crippen LogP contribution in [-0.2, 0) is 11.2 Å². The van der Waals surface area contributed by atoms with Crippen LogP contribution in [-0.4, -0.2) is 29.0 Å². The minimum absolute atomic E-state index is 0.0421. The van der Waals surface area contributed by atoms with Crippen LogP contribution < -0.4 is 10.2 Å². The number of hydrogen-bond donors (Lipinski definition) is 1. The Kier molecular flexibility index (Phi) is 5.01. The number of anilines is 2. The highest BCUT2D eigenvalue weighted by molar-refractivity contribution is 5.92. The molecular weight excluding hydrogens is 336 g/mol. The fourth-order valence-corrected chi connectivity index (χ4v) is 3.54. The third-order valence-corrected chi connectivity index (χ3v) is 5.26. The first-order valence-electron chi connectivity index (χ1n) is 9.59. The van der Waals surface area contributed by atoms with Crippen molar-refractivity contribution in [3.63, 3.8) is 0 Å². The predicted molar refractivity (Wildman–Crippen MR) is 109 cm³/mol. The summed E-state index contributed by atoms with van der Waals surface area (Å²) in [5.74, 6) is 1.05. The minimum atomic E-state index is 0.0421. The fraction of sp³-hybridized carbons (Fsp3) is 0.318. The van der Waals surface area contributed by atoms with Gasteiger partial charge in [0.2, 0.25) is 5.91 Å². The molecule has 0 aliphatic carbocycles. The van der Waals surface area contributed by atoms with Gasteiger partial charge in [0.05, 0.1) is 17.2 Å². The second-order valence-corrected chi connectivity index (χ2v) is 7.02. The van der Waals surface area contributed by atoms with Crippen LogP contribution in [0.25, 0.3) is 11.0 Å². The molecule has 0 bridgehead atoms. The number of fused-ring (bicyclic) bond motifs is 1. The lowest BCUT2D eigenvalue weighted by Crippen LogP contribution is -2.38. The first kappa shape index (κ1) is 17.5. The van der Waals surface area contributed by atoms with Crippen LogP contribution in [0.1, 0.15) is 25.3 Å². The molecule has 1 aromatic heterocycles. The second kappa shape index (κ2) is 7.74. The highest BCUT2D eigenvalue weighted by Crippen LogP contribution is 2.24. The Labute approximate surface area is 159 Å². The van der Waals surface area contributed by atoms with Gasteiger partial charge in [-0.2, -0.15) is 0 Å². The number of nitrogens with one attached hydrogen (secondary N) is 1. The molecule has 1 amide bonds. The summed E-state index contributed by atoms with van der Waals surface area (Å²) in [7, 11) is 0. The van der Waals surface area contributed by atoms with E-state index >= 15 is 0 Å². The molecule has 0 spiro atoms. The number of aromatic nitrogens is 2. The average molecular weight is 360 g/mol. The number of hydrogen-bond acceptors (Lipinski definition) is 4. The molecule has 1 aliphatic heterocycles. The van der Waals surface area contributed by atoms with Gasteiger partial charge in [-0.05, 0) is 49.1 Å². The van der Waals surface area contributed by atoms with Crippen LogP contribution >= 0.6 is 0 Å². The van der Waals surface area contributed by atoms with E-state index < -0.39 is 0 Å². The van der Waals surface area contributed by atoms with Gasteiger partial charge < -0.3 is 10.2 Å². The summed E-state index contributed by atoms with van der Waals surface area (Å²) in [6.07, 6.45) is 4.49. The monoisotopic (exact) mass is 360 g/mol. The highest BCUT2D eigenvalue weighted by Gasteiger charge is 2.26. The summed E-state index contributed by atoms with van der Waals surface area (Å²) in [4.78, 5) is 24.0. The van der Waals surface area contributed by atoms with Crippen molar-refractivity contribution in [1.29, 1.82) is 0 Å². The number of benzene rings is 2. The molecule has 1 aliphatic rings. The molecule has 0 atom stereocenters. The number of nitrogens with zero attached hydrogens (tertiary/aromatic N) is 3. The smallest absolute Gasteiger partial charge is 0.227 e. The Bertz CT molecular complexity index is 930. The predicted octanol–water partition coefficient (Wildman–Crippen LogP) is 4.05. The molecule has 0 saturated carbocycles. The van der Waals surface area contributed by atoms with Gasteiger partial charge in [-0.25, -0.2) is 4.98 Å². The second-order valence-electron chi connectivity index (χ2n) is 7.02.